The maximum atomic E-state index is 11.9. The van der Waals surface area contributed by atoms with E-state index in [1.807, 2.05) is 0 Å². The van der Waals surface area contributed by atoms with Gasteiger partial charge in [0.05, 0.1) is 0 Å². The van der Waals surface area contributed by atoms with Crippen molar-refractivity contribution in [3.63, 3.8) is 0 Å². The van der Waals surface area contributed by atoms with E-state index in [1.54, 1.807) is 0 Å². The van der Waals surface area contributed by atoms with Crippen molar-refractivity contribution >= 4 is 11.8 Å². The van der Waals surface area contributed by atoms with Crippen molar-refractivity contribution in [1.82, 2.24) is 16.0 Å². The molecule has 0 fully saturated rings. The molecule has 0 unspecified atom stereocenters. The topological polar surface area (TPSA) is 70.2 Å². The van der Waals surface area contributed by atoms with E-state index in [4.69, 9.17) is 0 Å². The van der Waals surface area contributed by atoms with Crippen molar-refractivity contribution in [2.75, 3.05) is 26.2 Å². The van der Waals surface area contributed by atoms with Gasteiger partial charge in [-0.2, -0.15) is 0 Å². The van der Waals surface area contributed by atoms with Gasteiger partial charge < -0.3 is 16.0 Å². The van der Waals surface area contributed by atoms with Crippen LogP contribution in [0.1, 0.15) is 142 Å². The van der Waals surface area contributed by atoms with Crippen LogP contribution < -0.4 is 16.0 Å². The average molecular weight is 520 g/mol. The van der Waals surface area contributed by atoms with Crippen LogP contribution in [0, 0.1) is 0 Å². The normalized spacial score (nSPS) is 11.5. The largest absolute Gasteiger partial charge is 0.355 e. The Morgan fingerprint density at radius 1 is 0.459 bits per heavy atom. The van der Waals surface area contributed by atoms with Gasteiger partial charge in [-0.1, -0.05) is 102 Å². The van der Waals surface area contributed by atoms with Crippen molar-refractivity contribution in [2.24, 2.45) is 0 Å². The molecule has 0 aromatic carbocycles. The molecule has 0 bridgehead atoms. The predicted molar refractivity (Wildman–Crippen MR) is 161 cm³/mol. The lowest BCUT2D eigenvalue weighted by atomic mass is 10.1. The smallest absolute Gasteiger partial charge is 0.220 e. The zero-order valence-electron chi connectivity index (χ0n) is 24.6. The van der Waals surface area contributed by atoms with Gasteiger partial charge in [0, 0.05) is 39.0 Å². The molecule has 0 aliphatic carbocycles. The molecule has 37 heavy (non-hydrogen) atoms. The molecule has 0 radical (unpaired) electrons. The van der Waals surface area contributed by atoms with Crippen molar-refractivity contribution in [1.29, 1.82) is 0 Å². The van der Waals surface area contributed by atoms with Crippen molar-refractivity contribution in [3.05, 3.63) is 24.3 Å². The number of carbonyl (C=O) groups excluding carboxylic acids is 2. The monoisotopic (exact) mass is 519 g/mol. The second-order valence-electron chi connectivity index (χ2n) is 10.3. The number of amides is 2. The van der Waals surface area contributed by atoms with E-state index >= 15 is 0 Å². The molecule has 0 aliphatic heterocycles. The molecule has 3 N–H and O–H groups in total. The fraction of sp³-hybridized carbons (Fsp3) is 0.812. The SMILES string of the molecule is CCCC/C=C\CCCCCCCC(=O)NCCNCCNC(=O)CCCCCCC/C=C\CCCC. The van der Waals surface area contributed by atoms with Crippen molar-refractivity contribution < 1.29 is 9.59 Å². The van der Waals surface area contributed by atoms with E-state index in [0.717, 1.165) is 38.8 Å². The average Bonchev–Trinajstić information content (AvgIpc) is 2.89. The Morgan fingerprint density at radius 3 is 1.22 bits per heavy atom. The third-order valence-corrected chi connectivity index (χ3v) is 6.58. The number of hydrogen-bond donors (Lipinski definition) is 3. The summed E-state index contributed by atoms with van der Waals surface area (Å²) < 4.78 is 0. The molecule has 5 heteroatoms. The van der Waals surface area contributed by atoms with E-state index in [9.17, 15) is 9.59 Å². The summed E-state index contributed by atoms with van der Waals surface area (Å²) in [4.78, 5) is 23.8. The summed E-state index contributed by atoms with van der Waals surface area (Å²) in [6.45, 7) is 7.22. The Bertz CT molecular complexity index is 512. The molecule has 0 aliphatic rings. The molecular formula is C32H61N3O2. The van der Waals surface area contributed by atoms with Gasteiger partial charge in [-0.15, -0.1) is 0 Å². The minimum Gasteiger partial charge on any atom is -0.355 e. The summed E-state index contributed by atoms with van der Waals surface area (Å²) in [6, 6.07) is 0. The Labute approximate surface area is 230 Å². The highest BCUT2D eigenvalue weighted by molar-refractivity contribution is 5.76. The lowest BCUT2D eigenvalue weighted by Gasteiger charge is -2.08. The van der Waals surface area contributed by atoms with E-state index in [1.165, 1.54) is 89.9 Å². The zero-order chi connectivity index (χ0) is 27.1. The summed E-state index contributed by atoms with van der Waals surface area (Å²) in [5, 5.41) is 9.24. The first-order chi connectivity index (χ1) is 18.2. The minimum absolute atomic E-state index is 0.150. The van der Waals surface area contributed by atoms with Gasteiger partial charge in [-0.25, -0.2) is 0 Å². The van der Waals surface area contributed by atoms with Crippen LogP contribution in [0.25, 0.3) is 0 Å². The zero-order valence-corrected chi connectivity index (χ0v) is 24.6. The summed E-state index contributed by atoms with van der Waals surface area (Å²) in [5.41, 5.74) is 0. The Hall–Kier alpha value is -1.62. The van der Waals surface area contributed by atoms with Crippen LogP contribution in [0.4, 0.5) is 0 Å². The third kappa shape index (κ3) is 30.5. The number of allylic oxidation sites excluding steroid dienone is 4. The molecule has 0 spiro atoms. The first-order valence-electron chi connectivity index (χ1n) is 15.7. The molecule has 0 aromatic heterocycles. The van der Waals surface area contributed by atoms with Gasteiger partial charge in [0.1, 0.15) is 0 Å². The second-order valence-corrected chi connectivity index (χ2v) is 10.3. The Morgan fingerprint density at radius 2 is 0.811 bits per heavy atom. The number of nitrogens with one attached hydrogen (secondary N) is 3. The Balaban J connectivity index is 3.31. The van der Waals surface area contributed by atoms with Crippen LogP contribution in [-0.4, -0.2) is 38.0 Å². The molecule has 0 saturated heterocycles. The van der Waals surface area contributed by atoms with Crippen LogP contribution in [0.15, 0.2) is 24.3 Å². The number of carbonyl (C=O) groups is 2. The van der Waals surface area contributed by atoms with Crippen molar-refractivity contribution in [2.45, 2.75) is 142 Å². The highest BCUT2D eigenvalue weighted by Crippen LogP contribution is 2.09. The summed E-state index contributed by atoms with van der Waals surface area (Å²) in [7, 11) is 0. The Kier molecular flexibility index (Phi) is 29.3. The molecule has 0 saturated carbocycles. The molecule has 0 atom stereocenters. The number of unbranched alkanes of at least 4 members (excludes halogenated alkanes) is 14. The van der Waals surface area contributed by atoms with Gasteiger partial charge >= 0.3 is 0 Å². The maximum Gasteiger partial charge on any atom is 0.220 e. The van der Waals surface area contributed by atoms with E-state index < -0.39 is 0 Å². The number of hydrogen-bond acceptors (Lipinski definition) is 3. The quantitative estimate of drug-likeness (QED) is 0.0730. The van der Waals surface area contributed by atoms with E-state index in [-0.39, 0.29) is 11.8 Å². The van der Waals surface area contributed by atoms with Crippen LogP contribution in [0.3, 0.4) is 0 Å². The van der Waals surface area contributed by atoms with Gasteiger partial charge in [0.25, 0.3) is 0 Å². The van der Waals surface area contributed by atoms with Crippen molar-refractivity contribution in [3.8, 4) is 0 Å². The maximum absolute atomic E-state index is 11.9. The fourth-order valence-corrected chi connectivity index (χ4v) is 4.15. The first-order valence-corrected chi connectivity index (χ1v) is 15.7. The predicted octanol–water partition coefficient (Wildman–Crippen LogP) is 7.76. The standard InChI is InChI=1S/C32H61N3O2/c1-3-5-7-9-11-13-15-17-19-21-23-25-31(36)34-29-27-33-28-30-35-32(37)26-24-22-20-18-16-14-12-10-8-6-4-2/h9-12,33H,3-8,13-30H2,1-2H3,(H,34,36)(H,35,37)/b11-9-,12-10-. The van der Waals surface area contributed by atoms with Gasteiger partial charge in [0.15, 0.2) is 0 Å². The molecule has 5 nitrogen and oxygen atoms in total. The van der Waals surface area contributed by atoms with Crippen LogP contribution in [-0.2, 0) is 9.59 Å². The van der Waals surface area contributed by atoms with E-state index in [0.29, 0.717) is 25.9 Å². The van der Waals surface area contributed by atoms with Crippen LogP contribution in [0.2, 0.25) is 0 Å². The minimum atomic E-state index is 0.150. The molecule has 0 heterocycles. The number of rotatable bonds is 28. The fourth-order valence-electron chi connectivity index (χ4n) is 4.15. The van der Waals surface area contributed by atoms with Crippen LogP contribution in [0.5, 0.6) is 0 Å². The molecular weight excluding hydrogens is 458 g/mol. The summed E-state index contributed by atoms with van der Waals surface area (Å²) >= 11 is 0. The third-order valence-electron chi connectivity index (χ3n) is 6.58. The molecule has 0 rings (SSSR count). The van der Waals surface area contributed by atoms with Gasteiger partial charge in [0.2, 0.25) is 11.8 Å². The highest BCUT2D eigenvalue weighted by Gasteiger charge is 2.02. The molecule has 0 aromatic rings. The second kappa shape index (κ2) is 30.6. The highest BCUT2D eigenvalue weighted by atomic mass is 16.2. The summed E-state index contributed by atoms with van der Waals surface area (Å²) in [5.74, 6) is 0.301. The molecule has 2 amide bonds. The lowest BCUT2D eigenvalue weighted by Crippen LogP contribution is -2.36. The lowest BCUT2D eigenvalue weighted by molar-refractivity contribution is -0.121. The van der Waals surface area contributed by atoms with Gasteiger partial charge in [-0.3, -0.25) is 9.59 Å². The van der Waals surface area contributed by atoms with E-state index in [2.05, 4.69) is 54.1 Å². The summed E-state index contributed by atoms with van der Waals surface area (Å²) in [6.07, 6.45) is 32.2. The van der Waals surface area contributed by atoms with Gasteiger partial charge in [-0.05, 0) is 51.4 Å². The van der Waals surface area contributed by atoms with Crippen LogP contribution >= 0.6 is 0 Å². The molecule has 216 valence electrons. The first kappa shape index (κ1) is 35.4.